The first-order valence-electron chi connectivity index (χ1n) is 6.37. The van der Waals surface area contributed by atoms with Gasteiger partial charge in [0.15, 0.2) is 0 Å². The van der Waals surface area contributed by atoms with Crippen molar-refractivity contribution in [2.45, 2.75) is 13.5 Å². The van der Waals surface area contributed by atoms with Crippen LogP contribution >= 0.6 is 31.9 Å². The zero-order valence-corrected chi connectivity index (χ0v) is 14.4. The molecule has 0 aliphatic carbocycles. The van der Waals surface area contributed by atoms with Crippen molar-refractivity contribution < 1.29 is 9.47 Å². The number of aryl methyl sites for hydroxylation is 1. The molecule has 0 saturated carbocycles. The summed E-state index contributed by atoms with van der Waals surface area (Å²) < 4.78 is 13.3. The summed E-state index contributed by atoms with van der Waals surface area (Å²) in [6, 6.07) is 14.1. The average molecular weight is 400 g/mol. The lowest BCUT2D eigenvalue weighted by Crippen LogP contribution is -2.07. The zero-order chi connectivity index (χ0) is 14.4. The van der Waals surface area contributed by atoms with Gasteiger partial charge in [-0.3, -0.25) is 0 Å². The molecule has 0 saturated heterocycles. The van der Waals surface area contributed by atoms with Crippen LogP contribution in [0.4, 0.5) is 0 Å². The Hall–Kier alpha value is -0.840. The number of halogens is 2. The Bertz CT molecular complexity index is 570. The molecule has 0 unspecified atom stereocenters. The van der Waals surface area contributed by atoms with Gasteiger partial charge in [0.2, 0.25) is 0 Å². The number of rotatable bonds is 6. The third-order valence-electron chi connectivity index (χ3n) is 2.79. The van der Waals surface area contributed by atoms with Crippen molar-refractivity contribution in [3.05, 3.63) is 62.5 Å². The molecule has 0 heterocycles. The standard InChI is InChI=1S/C16H16Br2O2/c1-12-6-7-16(15(18)10-12)20-9-8-19-11-13-4-2-3-5-14(13)17/h2-7,10H,8-9,11H2,1H3. The van der Waals surface area contributed by atoms with Crippen molar-refractivity contribution in [2.75, 3.05) is 13.2 Å². The SMILES string of the molecule is Cc1ccc(OCCOCc2ccccc2Br)c(Br)c1. The highest BCUT2D eigenvalue weighted by Gasteiger charge is 2.02. The molecule has 0 amide bonds. The van der Waals surface area contributed by atoms with E-state index in [9.17, 15) is 0 Å². The quantitative estimate of drug-likeness (QED) is 0.628. The maximum atomic E-state index is 5.68. The number of benzene rings is 2. The minimum atomic E-state index is 0.534. The summed E-state index contributed by atoms with van der Waals surface area (Å²) >= 11 is 6.99. The molecular weight excluding hydrogens is 384 g/mol. The molecule has 20 heavy (non-hydrogen) atoms. The van der Waals surface area contributed by atoms with Crippen LogP contribution in [0.3, 0.4) is 0 Å². The van der Waals surface area contributed by atoms with Gasteiger partial charge >= 0.3 is 0 Å². The lowest BCUT2D eigenvalue weighted by Gasteiger charge is -2.10. The molecular formula is C16H16Br2O2. The predicted molar refractivity (Wildman–Crippen MR) is 88.2 cm³/mol. The molecule has 0 fully saturated rings. The van der Waals surface area contributed by atoms with Gasteiger partial charge in [-0.1, -0.05) is 40.2 Å². The van der Waals surface area contributed by atoms with E-state index in [1.807, 2.05) is 42.5 Å². The maximum Gasteiger partial charge on any atom is 0.133 e. The van der Waals surface area contributed by atoms with Crippen LogP contribution < -0.4 is 4.74 Å². The van der Waals surface area contributed by atoms with E-state index < -0.39 is 0 Å². The fraction of sp³-hybridized carbons (Fsp3) is 0.250. The van der Waals surface area contributed by atoms with Crippen LogP contribution in [0.25, 0.3) is 0 Å². The minimum Gasteiger partial charge on any atom is -0.490 e. The molecule has 0 spiro atoms. The second-order valence-corrected chi connectivity index (χ2v) is 6.14. The fourth-order valence-electron chi connectivity index (χ4n) is 1.73. The van der Waals surface area contributed by atoms with Crippen LogP contribution in [-0.4, -0.2) is 13.2 Å². The number of hydrogen-bond acceptors (Lipinski definition) is 2. The Morgan fingerprint density at radius 3 is 2.50 bits per heavy atom. The van der Waals surface area contributed by atoms with Crippen LogP contribution in [-0.2, 0) is 11.3 Å². The van der Waals surface area contributed by atoms with Gasteiger partial charge in [-0.25, -0.2) is 0 Å². The normalized spacial score (nSPS) is 10.6. The molecule has 0 bridgehead atoms. The van der Waals surface area contributed by atoms with E-state index >= 15 is 0 Å². The Morgan fingerprint density at radius 1 is 0.950 bits per heavy atom. The van der Waals surface area contributed by atoms with E-state index in [4.69, 9.17) is 9.47 Å². The van der Waals surface area contributed by atoms with Crippen molar-refractivity contribution >= 4 is 31.9 Å². The van der Waals surface area contributed by atoms with Gasteiger partial charge in [-0.15, -0.1) is 0 Å². The molecule has 0 atom stereocenters. The highest BCUT2D eigenvalue weighted by molar-refractivity contribution is 9.10. The summed E-state index contributed by atoms with van der Waals surface area (Å²) in [7, 11) is 0. The van der Waals surface area contributed by atoms with Crippen LogP contribution in [0, 0.1) is 6.92 Å². The zero-order valence-electron chi connectivity index (χ0n) is 11.2. The molecule has 4 heteroatoms. The van der Waals surface area contributed by atoms with E-state index in [0.29, 0.717) is 19.8 Å². The first-order chi connectivity index (χ1) is 9.66. The van der Waals surface area contributed by atoms with Crippen molar-refractivity contribution in [2.24, 2.45) is 0 Å². The van der Waals surface area contributed by atoms with Crippen molar-refractivity contribution in [3.8, 4) is 5.75 Å². The van der Waals surface area contributed by atoms with E-state index in [1.165, 1.54) is 5.56 Å². The summed E-state index contributed by atoms with van der Waals surface area (Å²) in [4.78, 5) is 0. The van der Waals surface area contributed by atoms with Crippen molar-refractivity contribution in [3.63, 3.8) is 0 Å². The fourth-order valence-corrected chi connectivity index (χ4v) is 2.74. The molecule has 2 nitrogen and oxygen atoms in total. The molecule has 0 aromatic heterocycles. The summed E-state index contributed by atoms with van der Waals surface area (Å²) in [5.74, 6) is 0.847. The van der Waals surface area contributed by atoms with Crippen molar-refractivity contribution in [1.82, 2.24) is 0 Å². The van der Waals surface area contributed by atoms with Gasteiger partial charge in [0, 0.05) is 4.47 Å². The Kier molecular flexibility index (Phi) is 6.07. The topological polar surface area (TPSA) is 18.5 Å². The van der Waals surface area contributed by atoms with E-state index in [0.717, 1.165) is 20.3 Å². The highest BCUT2D eigenvalue weighted by Crippen LogP contribution is 2.25. The Labute approximate surface area is 136 Å². The van der Waals surface area contributed by atoms with Crippen LogP contribution in [0.2, 0.25) is 0 Å². The second kappa shape index (κ2) is 7.81. The lowest BCUT2D eigenvalue weighted by molar-refractivity contribution is 0.0884. The lowest BCUT2D eigenvalue weighted by atomic mass is 10.2. The average Bonchev–Trinajstić information content (AvgIpc) is 2.42. The summed E-state index contributed by atoms with van der Waals surface area (Å²) in [6.45, 7) is 3.73. The molecule has 0 N–H and O–H groups in total. The van der Waals surface area contributed by atoms with Crippen LogP contribution in [0.15, 0.2) is 51.4 Å². The molecule has 2 aromatic carbocycles. The smallest absolute Gasteiger partial charge is 0.133 e. The molecule has 2 aromatic rings. The maximum absolute atomic E-state index is 5.68. The van der Waals surface area contributed by atoms with Gasteiger partial charge in [-0.05, 0) is 52.2 Å². The van der Waals surface area contributed by atoms with Gasteiger partial charge in [0.05, 0.1) is 17.7 Å². The van der Waals surface area contributed by atoms with E-state index in [2.05, 4.69) is 38.8 Å². The summed E-state index contributed by atoms with van der Waals surface area (Å²) in [5.41, 5.74) is 2.35. The van der Waals surface area contributed by atoms with Gasteiger partial charge < -0.3 is 9.47 Å². The van der Waals surface area contributed by atoms with Gasteiger partial charge in [-0.2, -0.15) is 0 Å². The largest absolute Gasteiger partial charge is 0.490 e. The monoisotopic (exact) mass is 398 g/mol. The molecule has 0 aliphatic rings. The number of hydrogen-bond donors (Lipinski definition) is 0. The molecule has 0 aliphatic heterocycles. The summed E-state index contributed by atoms with van der Waals surface area (Å²) in [5, 5.41) is 0. The van der Waals surface area contributed by atoms with Crippen LogP contribution in [0.1, 0.15) is 11.1 Å². The minimum absolute atomic E-state index is 0.534. The highest BCUT2D eigenvalue weighted by atomic mass is 79.9. The Morgan fingerprint density at radius 2 is 1.75 bits per heavy atom. The van der Waals surface area contributed by atoms with Gasteiger partial charge in [0.1, 0.15) is 12.4 Å². The third kappa shape index (κ3) is 4.62. The third-order valence-corrected chi connectivity index (χ3v) is 4.18. The van der Waals surface area contributed by atoms with E-state index in [-0.39, 0.29) is 0 Å². The number of ether oxygens (including phenoxy) is 2. The Balaban J connectivity index is 1.73. The second-order valence-electron chi connectivity index (χ2n) is 4.43. The van der Waals surface area contributed by atoms with Crippen LogP contribution in [0.5, 0.6) is 5.75 Å². The first-order valence-corrected chi connectivity index (χ1v) is 7.95. The summed E-state index contributed by atoms with van der Waals surface area (Å²) in [6.07, 6.45) is 0. The first kappa shape index (κ1) is 15.5. The molecule has 106 valence electrons. The molecule has 2 rings (SSSR count). The van der Waals surface area contributed by atoms with E-state index in [1.54, 1.807) is 0 Å². The molecule has 0 radical (unpaired) electrons. The van der Waals surface area contributed by atoms with Crippen molar-refractivity contribution in [1.29, 1.82) is 0 Å². The van der Waals surface area contributed by atoms with Gasteiger partial charge in [0.25, 0.3) is 0 Å². The predicted octanol–water partition coefficient (Wildman–Crippen LogP) is 5.12.